The molecule has 1 aromatic carbocycles. The molecule has 0 saturated carbocycles. The van der Waals surface area contributed by atoms with E-state index in [0.29, 0.717) is 13.2 Å². The van der Waals surface area contributed by atoms with Gasteiger partial charge in [-0.3, -0.25) is 4.90 Å². The number of aliphatic hydroxyl groups excluding tert-OH is 1. The van der Waals surface area contributed by atoms with Crippen molar-refractivity contribution in [2.24, 2.45) is 0 Å². The second-order valence-corrected chi connectivity index (χ2v) is 6.48. The summed E-state index contributed by atoms with van der Waals surface area (Å²) < 4.78 is 5.79. The minimum atomic E-state index is -0.415. The average Bonchev–Trinajstić information content (AvgIpc) is 3.01. The Morgan fingerprint density at radius 3 is 2.52 bits per heavy atom. The number of halogens is 1. The first kappa shape index (κ1) is 18.5. The zero-order valence-corrected chi connectivity index (χ0v) is 14.9. The number of benzene rings is 1. The number of piperazine rings is 1. The molecule has 0 aromatic heterocycles. The van der Waals surface area contributed by atoms with Crippen molar-refractivity contribution in [3.8, 4) is 5.75 Å². The minimum absolute atomic E-state index is 0. The molecule has 130 valence electrons. The largest absolute Gasteiger partial charge is 0.491 e. The van der Waals surface area contributed by atoms with Crippen molar-refractivity contribution in [3.05, 3.63) is 29.3 Å². The molecule has 0 amide bonds. The van der Waals surface area contributed by atoms with Gasteiger partial charge in [-0.15, -0.1) is 12.4 Å². The highest BCUT2D eigenvalue weighted by molar-refractivity contribution is 5.85. The maximum absolute atomic E-state index is 10.2. The van der Waals surface area contributed by atoms with Crippen LogP contribution in [0.2, 0.25) is 0 Å². The van der Waals surface area contributed by atoms with Crippen molar-refractivity contribution in [1.82, 2.24) is 9.80 Å². The fraction of sp³-hybridized carbons (Fsp3) is 0.667. The zero-order chi connectivity index (χ0) is 15.4. The molecule has 1 aromatic rings. The Labute approximate surface area is 145 Å². The molecule has 1 saturated heterocycles. The Morgan fingerprint density at radius 1 is 1.09 bits per heavy atom. The van der Waals surface area contributed by atoms with Crippen molar-refractivity contribution < 1.29 is 9.84 Å². The second-order valence-electron chi connectivity index (χ2n) is 6.48. The molecule has 3 rings (SSSR count). The van der Waals surface area contributed by atoms with E-state index in [0.717, 1.165) is 44.9 Å². The number of aryl methyl sites for hydroxylation is 2. The van der Waals surface area contributed by atoms with Gasteiger partial charge in [0.25, 0.3) is 0 Å². The summed E-state index contributed by atoms with van der Waals surface area (Å²) in [6, 6.07) is 6.36. The molecule has 1 unspecified atom stereocenters. The Hall–Kier alpha value is -0.810. The van der Waals surface area contributed by atoms with Gasteiger partial charge >= 0.3 is 0 Å². The number of aliphatic hydroxyl groups is 1. The lowest BCUT2D eigenvalue weighted by Gasteiger charge is -2.34. The van der Waals surface area contributed by atoms with Crippen LogP contribution < -0.4 is 4.74 Å². The van der Waals surface area contributed by atoms with Crippen LogP contribution in [0.1, 0.15) is 24.5 Å². The van der Waals surface area contributed by atoms with Gasteiger partial charge in [0.05, 0.1) is 0 Å². The van der Waals surface area contributed by atoms with Gasteiger partial charge in [0.2, 0.25) is 0 Å². The lowest BCUT2D eigenvalue weighted by atomic mass is 10.1. The number of fused-ring (bicyclic) bond motifs is 1. The molecule has 1 aliphatic heterocycles. The third-order valence-electron chi connectivity index (χ3n) is 4.89. The smallest absolute Gasteiger partial charge is 0.119 e. The molecule has 0 spiro atoms. The summed E-state index contributed by atoms with van der Waals surface area (Å²) >= 11 is 0. The summed E-state index contributed by atoms with van der Waals surface area (Å²) in [5.74, 6) is 0.899. The van der Waals surface area contributed by atoms with E-state index in [2.05, 4.69) is 28.9 Å². The molecule has 1 N–H and O–H groups in total. The number of rotatable bonds is 6. The van der Waals surface area contributed by atoms with Crippen molar-refractivity contribution in [2.75, 3.05) is 45.9 Å². The number of β-amino-alcohol motifs (C(OH)–C–C–N with tert-alkyl or cyclic N) is 1. The van der Waals surface area contributed by atoms with E-state index in [1.807, 2.05) is 6.07 Å². The van der Waals surface area contributed by atoms with Crippen molar-refractivity contribution in [2.45, 2.75) is 32.3 Å². The highest BCUT2D eigenvalue weighted by atomic mass is 35.5. The van der Waals surface area contributed by atoms with E-state index in [-0.39, 0.29) is 12.4 Å². The monoisotopic (exact) mass is 340 g/mol. The van der Waals surface area contributed by atoms with Crippen LogP contribution >= 0.6 is 12.4 Å². The highest BCUT2D eigenvalue weighted by Crippen LogP contribution is 2.26. The zero-order valence-electron chi connectivity index (χ0n) is 14.0. The molecule has 2 aliphatic rings. The predicted molar refractivity (Wildman–Crippen MR) is 95.8 cm³/mol. The molecule has 4 nitrogen and oxygen atoms in total. The third kappa shape index (κ3) is 5.08. The summed E-state index contributed by atoms with van der Waals surface area (Å²) in [6.07, 6.45) is 3.20. The number of hydrogen-bond acceptors (Lipinski definition) is 4. The number of ether oxygens (including phenoxy) is 1. The Kier molecular flexibility index (Phi) is 7.15. The predicted octanol–water partition coefficient (Wildman–Crippen LogP) is 1.97. The maximum Gasteiger partial charge on any atom is 0.119 e. The van der Waals surface area contributed by atoms with Crippen LogP contribution in [-0.2, 0) is 12.8 Å². The second kappa shape index (κ2) is 8.88. The van der Waals surface area contributed by atoms with E-state index in [4.69, 9.17) is 4.74 Å². The number of nitrogens with zero attached hydrogens (tertiary/aromatic N) is 2. The van der Waals surface area contributed by atoms with Gasteiger partial charge in [0.15, 0.2) is 0 Å². The van der Waals surface area contributed by atoms with Gasteiger partial charge in [0.1, 0.15) is 18.5 Å². The summed E-state index contributed by atoms with van der Waals surface area (Å²) in [4.78, 5) is 4.78. The fourth-order valence-corrected chi connectivity index (χ4v) is 3.47. The number of likely N-dealkylation sites (N-methyl/N-ethyl adjacent to an activating group) is 1. The van der Waals surface area contributed by atoms with Crippen LogP contribution in [0.15, 0.2) is 18.2 Å². The quantitative estimate of drug-likeness (QED) is 0.859. The molecule has 1 fully saturated rings. The van der Waals surface area contributed by atoms with Gasteiger partial charge in [0, 0.05) is 32.7 Å². The number of hydrogen-bond donors (Lipinski definition) is 1. The summed E-state index contributed by atoms with van der Waals surface area (Å²) in [6.45, 7) is 8.72. The van der Waals surface area contributed by atoms with Crippen LogP contribution in [0.25, 0.3) is 0 Å². The van der Waals surface area contributed by atoms with Gasteiger partial charge < -0.3 is 14.7 Å². The molecular weight excluding hydrogens is 312 g/mol. The van der Waals surface area contributed by atoms with Crippen molar-refractivity contribution in [3.63, 3.8) is 0 Å². The summed E-state index contributed by atoms with van der Waals surface area (Å²) in [5, 5.41) is 10.2. The minimum Gasteiger partial charge on any atom is -0.491 e. The Morgan fingerprint density at radius 2 is 1.78 bits per heavy atom. The first-order valence-corrected chi connectivity index (χ1v) is 8.62. The third-order valence-corrected chi connectivity index (χ3v) is 4.89. The lowest BCUT2D eigenvalue weighted by molar-refractivity contribution is 0.0471. The van der Waals surface area contributed by atoms with Gasteiger partial charge in [-0.2, -0.15) is 0 Å². The van der Waals surface area contributed by atoms with Crippen LogP contribution in [-0.4, -0.2) is 66.9 Å². The van der Waals surface area contributed by atoms with E-state index in [1.165, 1.54) is 24.0 Å². The molecule has 0 bridgehead atoms. The maximum atomic E-state index is 10.2. The van der Waals surface area contributed by atoms with Crippen LogP contribution in [0.4, 0.5) is 0 Å². The fourth-order valence-electron chi connectivity index (χ4n) is 3.47. The van der Waals surface area contributed by atoms with Crippen LogP contribution in [0.3, 0.4) is 0 Å². The highest BCUT2D eigenvalue weighted by Gasteiger charge is 2.18. The SMILES string of the molecule is CCN1CCN(CC(O)COc2ccc3c(c2)CCC3)CC1.Cl. The van der Waals surface area contributed by atoms with Gasteiger partial charge in [-0.05, 0) is 49.1 Å². The molecule has 23 heavy (non-hydrogen) atoms. The van der Waals surface area contributed by atoms with E-state index < -0.39 is 6.10 Å². The molecule has 1 aliphatic carbocycles. The Bertz CT molecular complexity index is 490. The normalized spacial score (nSPS) is 19.9. The standard InChI is InChI=1S/C18H28N2O2.ClH/c1-2-19-8-10-20(11-9-19)13-17(21)14-22-18-7-6-15-4-3-5-16(15)12-18;/h6-7,12,17,21H,2-5,8-11,13-14H2,1H3;1H. The molecular formula is C18H29ClN2O2. The molecule has 1 heterocycles. The van der Waals surface area contributed by atoms with Crippen LogP contribution in [0.5, 0.6) is 5.75 Å². The van der Waals surface area contributed by atoms with E-state index in [9.17, 15) is 5.11 Å². The average molecular weight is 341 g/mol. The first-order chi connectivity index (χ1) is 10.7. The first-order valence-electron chi connectivity index (χ1n) is 8.62. The summed E-state index contributed by atoms with van der Waals surface area (Å²) in [7, 11) is 0. The lowest BCUT2D eigenvalue weighted by Crippen LogP contribution is -2.49. The molecule has 1 atom stereocenters. The summed E-state index contributed by atoms with van der Waals surface area (Å²) in [5.41, 5.74) is 2.88. The molecule has 5 heteroatoms. The van der Waals surface area contributed by atoms with Crippen molar-refractivity contribution in [1.29, 1.82) is 0 Å². The van der Waals surface area contributed by atoms with Crippen molar-refractivity contribution >= 4 is 12.4 Å². The van der Waals surface area contributed by atoms with Crippen LogP contribution in [0, 0.1) is 0 Å². The Balaban J connectivity index is 0.00000192. The molecule has 0 radical (unpaired) electrons. The topological polar surface area (TPSA) is 35.9 Å². The van der Waals surface area contributed by atoms with E-state index >= 15 is 0 Å². The van der Waals surface area contributed by atoms with E-state index in [1.54, 1.807) is 0 Å². The van der Waals surface area contributed by atoms with Gasteiger partial charge in [-0.1, -0.05) is 13.0 Å². The van der Waals surface area contributed by atoms with Gasteiger partial charge in [-0.25, -0.2) is 0 Å².